The summed E-state index contributed by atoms with van der Waals surface area (Å²) < 4.78 is 0. The van der Waals surface area contributed by atoms with Gasteiger partial charge in [-0.05, 0) is 0 Å². The van der Waals surface area contributed by atoms with Crippen LogP contribution >= 0.6 is 0 Å². The third-order valence-electron chi connectivity index (χ3n) is 0. The maximum atomic E-state index is 7.33. The van der Waals surface area contributed by atoms with Gasteiger partial charge in [0.25, 0.3) is 0 Å². The van der Waals surface area contributed by atoms with Crippen molar-refractivity contribution >= 4 is 9.05 Å². The Labute approximate surface area is 98.8 Å². The van der Waals surface area contributed by atoms with Crippen molar-refractivity contribution in [2.24, 2.45) is 0 Å². The van der Waals surface area contributed by atoms with Crippen LogP contribution in [0.1, 0.15) is 0 Å². The van der Waals surface area contributed by atoms with Crippen LogP contribution in [0.15, 0.2) is 0 Å². The zero-order chi connectivity index (χ0) is 4.50. The SMILES string of the molecule is O[Si](O)(O)O.[La].[Lu]. The molecule has 0 amide bonds. The first-order valence-corrected chi connectivity index (χ1v) is 2.68. The molecule has 0 fully saturated rings. The average Bonchev–Trinajstić information content (AvgIpc) is 0.722. The number of hydrogen-bond donors (Lipinski definition) is 4. The first kappa shape index (κ1) is 16.2. The molecule has 7 heteroatoms. The van der Waals surface area contributed by atoms with Crippen LogP contribution in [-0.2, 0) is 0 Å². The topological polar surface area (TPSA) is 80.9 Å². The van der Waals surface area contributed by atoms with E-state index in [9.17, 15) is 0 Å². The molecule has 50 valence electrons. The Kier molecular flexibility index (Phi) is 15.3. The fourth-order valence-electron chi connectivity index (χ4n) is 0. The van der Waals surface area contributed by atoms with Gasteiger partial charge in [0.05, 0.1) is 0 Å². The van der Waals surface area contributed by atoms with Gasteiger partial charge in [0, 0.05) is 72.5 Å². The summed E-state index contributed by atoms with van der Waals surface area (Å²) in [5.74, 6) is 0. The van der Waals surface area contributed by atoms with E-state index in [1.165, 1.54) is 0 Å². The van der Waals surface area contributed by atoms with Gasteiger partial charge in [-0.25, -0.2) is 0 Å². The second kappa shape index (κ2) is 6.60. The molecule has 0 aliphatic rings. The van der Waals surface area contributed by atoms with Gasteiger partial charge in [0.1, 0.15) is 0 Å². The van der Waals surface area contributed by atoms with Crippen molar-refractivity contribution in [2.45, 2.75) is 0 Å². The summed E-state index contributed by atoms with van der Waals surface area (Å²) in [6.07, 6.45) is 0. The van der Waals surface area contributed by atoms with Crippen LogP contribution in [0.5, 0.6) is 0 Å². The Bertz CT molecular complexity index is 27.2. The van der Waals surface area contributed by atoms with E-state index in [2.05, 4.69) is 0 Å². The van der Waals surface area contributed by atoms with Crippen LogP contribution in [0.2, 0.25) is 0 Å². The Morgan fingerprint density at radius 1 is 0.857 bits per heavy atom. The minimum Gasteiger partial charge on any atom is -0.368 e. The van der Waals surface area contributed by atoms with E-state index in [1.807, 2.05) is 0 Å². The maximum Gasteiger partial charge on any atom is 0.668 e. The largest absolute Gasteiger partial charge is 0.668 e. The van der Waals surface area contributed by atoms with Crippen molar-refractivity contribution in [3.05, 3.63) is 0 Å². The van der Waals surface area contributed by atoms with Crippen LogP contribution in [0.3, 0.4) is 0 Å². The Morgan fingerprint density at radius 3 is 0.857 bits per heavy atom. The Morgan fingerprint density at radius 2 is 0.857 bits per heavy atom. The number of rotatable bonds is 0. The van der Waals surface area contributed by atoms with Gasteiger partial charge in [0.2, 0.25) is 0 Å². The molecule has 0 saturated heterocycles. The van der Waals surface area contributed by atoms with Gasteiger partial charge < -0.3 is 19.2 Å². The van der Waals surface area contributed by atoms with Crippen molar-refractivity contribution < 1.29 is 91.7 Å². The molecule has 0 heterocycles. The third-order valence-corrected chi connectivity index (χ3v) is 0. The zero-order valence-corrected chi connectivity index (χ0v) is 9.41. The summed E-state index contributed by atoms with van der Waals surface area (Å²) in [4.78, 5) is 29.3. The fraction of sp³-hybridized carbons (Fsp3) is 0. The van der Waals surface area contributed by atoms with E-state index in [1.54, 1.807) is 0 Å². The molecule has 0 atom stereocenters. The molecule has 4 nitrogen and oxygen atoms in total. The van der Waals surface area contributed by atoms with Gasteiger partial charge in [0.15, 0.2) is 0 Å². The first-order valence-electron chi connectivity index (χ1n) is 0.894. The van der Waals surface area contributed by atoms with Gasteiger partial charge >= 0.3 is 9.05 Å². The molecular formula is H4LaLuO4Si. The van der Waals surface area contributed by atoms with Crippen molar-refractivity contribution in [1.82, 2.24) is 0 Å². The second-order valence-corrected chi connectivity index (χ2v) is 1.80. The van der Waals surface area contributed by atoms with Crippen LogP contribution in [0.4, 0.5) is 0 Å². The molecular weight excluding hydrogens is 406 g/mol. The fourth-order valence-corrected chi connectivity index (χ4v) is 0. The molecule has 7 heavy (non-hydrogen) atoms. The second-order valence-electron chi connectivity index (χ2n) is 0.600. The van der Waals surface area contributed by atoms with Crippen LogP contribution in [-0.4, -0.2) is 28.2 Å². The maximum absolute atomic E-state index is 7.33. The average molecular weight is 410 g/mol. The van der Waals surface area contributed by atoms with Crippen LogP contribution in [0, 0.1) is 72.5 Å². The van der Waals surface area contributed by atoms with E-state index in [0.29, 0.717) is 0 Å². The summed E-state index contributed by atoms with van der Waals surface area (Å²) in [5.41, 5.74) is 0. The molecule has 2 radical (unpaired) electrons. The normalized spacial score (nSPS) is 8.57. The summed E-state index contributed by atoms with van der Waals surface area (Å²) in [6, 6.07) is 0. The Balaban J connectivity index is -0.0000000800. The summed E-state index contributed by atoms with van der Waals surface area (Å²) in [5, 5.41) is 0. The molecule has 0 aromatic heterocycles. The van der Waals surface area contributed by atoms with E-state index in [0.717, 1.165) is 0 Å². The van der Waals surface area contributed by atoms with E-state index < -0.39 is 9.05 Å². The monoisotopic (exact) mass is 410 g/mol. The molecule has 0 rings (SSSR count). The minimum atomic E-state index is -4.61. The van der Waals surface area contributed by atoms with Gasteiger partial charge in [-0.15, -0.1) is 0 Å². The third kappa shape index (κ3) is 57.8. The van der Waals surface area contributed by atoms with Gasteiger partial charge in [-0.1, -0.05) is 0 Å². The van der Waals surface area contributed by atoms with E-state index >= 15 is 0 Å². The van der Waals surface area contributed by atoms with Crippen LogP contribution < -0.4 is 0 Å². The van der Waals surface area contributed by atoms with E-state index in [4.69, 9.17) is 19.2 Å². The molecule has 0 spiro atoms. The van der Waals surface area contributed by atoms with Crippen LogP contribution in [0.25, 0.3) is 0 Å². The molecule has 4 N–H and O–H groups in total. The predicted molar refractivity (Wildman–Crippen MR) is 14.6 cm³/mol. The molecule has 0 aromatic carbocycles. The molecule has 0 aromatic rings. The summed E-state index contributed by atoms with van der Waals surface area (Å²) in [6.45, 7) is 0. The molecule has 0 saturated carbocycles. The summed E-state index contributed by atoms with van der Waals surface area (Å²) >= 11 is 0. The first-order chi connectivity index (χ1) is 2.00. The van der Waals surface area contributed by atoms with Crippen molar-refractivity contribution in [3.8, 4) is 0 Å². The minimum absolute atomic E-state index is 0. The molecule has 0 unspecified atom stereocenters. The summed E-state index contributed by atoms with van der Waals surface area (Å²) in [7, 11) is -4.61. The van der Waals surface area contributed by atoms with Crippen molar-refractivity contribution in [1.29, 1.82) is 0 Å². The molecule has 0 bridgehead atoms. The smallest absolute Gasteiger partial charge is 0.368 e. The van der Waals surface area contributed by atoms with Crippen molar-refractivity contribution in [3.63, 3.8) is 0 Å². The molecule has 0 aliphatic carbocycles. The standard InChI is InChI=1S/La.Lu.H4O4Si/c;;1-5(2,3)4/h;;1-4H. The predicted octanol–water partition coefficient (Wildman–Crippen LogP) is -2.61. The van der Waals surface area contributed by atoms with E-state index in [-0.39, 0.29) is 72.5 Å². The Hall–Kier alpha value is 2.49. The quantitative estimate of drug-likeness (QED) is 0.331. The number of hydrogen-bond acceptors (Lipinski definition) is 4. The van der Waals surface area contributed by atoms with Gasteiger partial charge in [-0.2, -0.15) is 0 Å². The zero-order valence-electron chi connectivity index (χ0n) is 3.12. The van der Waals surface area contributed by atoms with Crippen molar-refractivity contribution in [2.75, 3.05) is 0 Å². The van der Waals surface area contributed by atoms with Gasteiger partial charge in [-0.3, -0.25) is 0 Å². The molecule has 0 aliphatic heterocycles.